The summed E-state index contributed by atoms with van der Waals surface area (Å²) in [6.45, 7) is 11.1. The Morgan fingerprint density at radius 3 is 2.50 bits per heavy atom. The van der Waals surface area contributed by atoms with Crippen molar-refractivity contribution in [3.63, 3.8) is 0 Å². The van der Waals surface area contributed by atoms with Crippen molar-refractivity contribution < 1.29 is 0 Å². The fourth-order valence-corrected chi connectivity index (χ4v) is 3.90. The molecule has 136 valence electrons. The summed E-state index contributed by atoms with van der Waals surface area (Å²) < 4.78 is 0. The molecule has 0 amide bonds. The zero-order valence-electron chi connectivity index (χ0n) is 16.2. The standard InChI is InChI=1S/C21H37N3/c1-5-21(23-10-6-9-22)20-14-17(3)16(2)13-19(15-20)18-7-11-24(4)12-8-18/h13-14,18,21,23H,5-12,15,22H2,1-4H3. The molecule has 1 unspecified atom stereocenters. The summed E-state index contributed by atoms with van der Waals surface area (Å²) >= 11 is 0. The van der Waals surface area contributed by atoms with E-state index < -0.39 is 0 Å². The Morgan fingerprint density at radius 2 is 1.88 bits per heavy atom. The summed E-state index contributed by atoms with van der Waals surface area (Å²) in [6, 6.07) is 0.479. The molecule has 0 bridgehead atoms. The van der Waals surface area contributed by atoms with Gasteiger partial charge in [0.15, 0.2) is 0 Å². The van der Waals surface area contributed by atoms with Crippen LogP contribution in [0.15, 0.2) is 34.4 Å². The van der Waals surface area contributed by atoms with Crippen LogP contribution >= 0.6 is 0 Å². The van der Waals surface area contributed by atoms with E-state index in [0.29, 0.717) is 6.04 Å². The van der Waals surface area contributed by atoms with E-state index in [1.165, 1.54) is 37.1 Å². The highest BCUT2D eigenvalue weighted by molar-refractivity contribution is 5.41. The molecule has 1 heterocycles. The van der Waals surface area contributed by atoms with Crippen LogP contribution in [-0.4, -0.2) is 44.2 Å². The van der Waals surface area contributed by atoms with Crippen molar-refractivity contribution >= 4 is 0 Å². The minimum absolute atomic E-state index is 0.479. The maximum Gasteiger partial charge on any atom is 0.0283 e. The molecule has 2 aliphatic rings. The number of nitrogens with two attached hydrogens (primary N) is 1. The third kappa shape index (κ3) is 5.30. The molecule has 1 fully saturated rings. The molecule has 24 heavy (non-hydrogen) atoms. The minimum Gasteiger partial charge on any atom is -0.330 e. The van der Waals surface area contributed by atoms with Crippen molar-refractivity contribution in [3.8, 4) is 0 Å². The van der Waals surface area contributed by atoms with Crippen molar-refractivity contribution in [1.29, 1.82) is 0 Å². The highest BCUT2D eigenvalue weighted by atomic mass is 15.1. The van der Waals surface area contributed by atoms with Gasteiger partial charge in [-0.25, -0.2) is 0 Å². The molecule has 1 aliphatic carbocycles. The van der Waals surface area contributed by atoms with Crippen LogP contribution in [-0.2, 0) is 0 Å². The summed E-state index contributed by atoms with van der Waals surface area (Å²) in [5.74, 6) is 0.756. The first-order valence-electron chi connectivity index (χ1n) is 9.75. The van der Waals surface area contributed by atoms with Crippen LogP contribution in [0.5, 0.6) is 0 Å². The Balaban J connectivity index is 2.14. The molecule has 1 atom stereocenters. The van der Waals surface area contributed by atoms with Gasteiger partial charge >= 0.3 is 0 Å². The summed E-state index contributed by atoms with van der Waals surface area (Å²) in [4.78, 5) is 2.46. The number of nitrogens with zero attached hydrogens (tertiary/aromatic N) is 1. The second-order valence-electron chi connectivity index (χ2n) is 7.62. The number of piperidine rings is 1. The molecule has 0 radical (unpaired) electrons. The highest BCUT2D eigenvalue weighted by Gasteiger charge is 2.24. The van der Waals surface area contributed by atoms with Gasteiger partial charge in [-0.2, -0.15) is 0 Å². The second-order valence-corrected chi connectivity index (χ2v) is 7.62. The van der Waals surface area contributed by atoms with Gasteiger partial charge in [-0.1, -0.05) is 24.6 Å². The predicted molar refractivity (Wildman–Crippen MR) is 105 cm³/mol. The van der Waals surface area contributed by atoms with E-state index >= 15 is 0 Å². The van der Waals surface area contributed by atoms with Gasteiger partial charge in [-0.05, 0) is 102 Å². The van der Waals surface area contributed by atoms with Crippen LogP contribution in [0.3, 0.4) is 0 Å². The van der Waals surface area contributed by atoms with Gasteiger partial charge in [0.05, 0.1) is 0 Å². The predicted octanol–water partition coefficient (Wildman–Crippen LogP) is 3.64. The maximum atomic E-state index is 5.66. The van der Waals surface area contributed by atoms with E-state index in [0.717, 1.165) is 38.3 Å². The monoisotopic (exact) mass is 331 g/mol. The highest BCUT2D eigenvalue weighted by Crippen LogP contribution is 2.34. The van der Waals surface area contributed by atoms with Crippen LogP contribution in [0.25, 0.3) is 0 Å². The van der Waals surface area contributed by atoms with E-state index in [9.17, 15) is 0 Å². The normalized spacial score (nSPS) is 22.2. The second kappa shape index (κ2) is 9.55. The van der Waals surface area contributed by atoms with Crippen LogP contribution < -0.4 is 11.1 Å². The summed E-state index contributed by atoms with van der Waals surface area (Å²) in [6.07, 6.45) is 10.9. The van der Waals surface area contributed by atoms with E-state index in [4.69, 9.17) is 5.73 Å². The van der Waals surface area contributed by atoms with Crippen LogP contribution in [0.2, 0.25) is 0 Å². The zero-order chi connectivity index (χ0) is 17.5. The lowest BCUT2D eigenvalue weighted by Crippen LogP contribution is -2.34. The number of hydrogen-bond acceptors (Lipinski definition) is 3. The lowest BCUT2D eigenvalue weighted by atomic mass is 9.84. The molecule has 1 aliphatic heterocycles. The number of likely N-dealkylation sites (tertiary alicyclic amines) is 1. The zero-order valence-corrected chi connectivity index (χ0v) is 16.2. The third-order valence-corrected chi connectivity index (χ3v) is 5.70. The molecule has 1 saturated heterocycles. The first kappa shape index (κ1) is 19.4. The van der Waals surface area contributed by atoms with E-state index in [-0.39, 0.29) is 0 Å². The van der Waals surface area contributed by atoms with Crippen molar-refractivity contribution in [2.24, 2.45) is 11.7 Å². The number of allylic oxidation sites excluding steroid dienone is 5. The van der Waals surface area contributed by atoms with Gasteiger partial charge in [-0.3, -0.25) is 0 Å². The fraction of sp³-hybridized carbons (Fsp3) is 0.714. The van der Waals surface area contributed by atoms with E-state index in [2.05, 4.69) is 50.2 Å². The lowest BCUT2D eigenvalue weighted by Gasteiger charge is -2.32. The van der Waals surface area contributed by atoms with Crippen LogP contribution in [0.4, 0.5) is 0 Å². The van der Waals surface area contributed by atoms with Gasteiger partial charge in [0.25, 0.3) is 0 Å². The first-order valence-corrected chi connectivity index (χ1v) is 9.75. The molecule has 3 nitrogen and oxygen atoms in total. The minimum atomic E-state index is 0.479. The third-order valence-electron chi connectivity index (χ3n) is 5.70. The molecule has 3 N–H and O–H groups in total. The smallest absolute Gasteiger partial charge is 0.0283 e. The Kier molecular flexibility index (Phi) is 7.73. The molecule has 0 spiro atoms. The van der Waals surface area contributed by atoms with Gasteiger partial charge in [0, 0.05) is 6.04 Å². The number of nitrogens with one attached hydrogen (secondary N) is 1. The SMILES string of the molecule is CCC(NCCCN)C1=CC(C)=C(C)C=C(C2CCN(C)CC2)C1. The van der Waals surface area contributed by atoms with Crippen molar-refractivity contribution in [2.75, 3.05) is 33.2 Å². The van der Waals surface area contributed by atoms with E-state index in [1.54, 1.807) is 11.1 Å². The van der Waals surface area contributed by atoms with Crippen LogP contribution in [0.1, 0.15) is 52.9 Å². The van der Waals surface area contributed by atoms with Crippen LogP contribution in [0, 0.1) is 5.92 Å². The number of rotatable bonds is 7. The van der Waals surface area contributed by atoms with Crippen molar-refractivity contribution in [2.45, 2.75) is 58.9 Å². The summed E-state index contributed by atoms with van der Waals surface area (Å²) in [7, 11) is 2.24. The van der Waals surface area contributed by atoms with Crippen molar-refractivity contribution in [1.82, 2.24) is 10.2 Å². The quantitative estimate of drug-likeness (QED) is 0.700. The average Bonchev–Trinajstić information content (AvgIpc) is 2.72. The molecule has 0 aromatic carbocycles. The topological polar surface area (TPSA) is 41.3 Å². The lowest BCUT2D eigenvalue weighted by molar-refractivity contribution is 0.236. The first-order chi connectivity index (χ1) is 11.5. The molecule has 3 heteroatoms. The summed E-state index contributed by atoms with van der Waals surface area (Å²) in [5.41, 5.74) is 11.7. The molecular weight excluding hydrogens is 294 g/mol. The Labute approximate surface area is 149 Å². The molecule has 0 saturated carbocycles. The van der Waals surface area contributed by atoms with Crippen molar-refractivity contribution in [3.05, 3.63) is 34.4 Å². The van der Waals surface area contributed by atoms with E-state index in [1.807, 2.05) is 0 Å². The Morgan fingerprint density at radius 1 is 1.21 bits per heavy atom. The molecule has 0 aromatic heterocycles. The fourth-order valence-electron chi connectivity index (χ4n) is 3.90. The largest absolute Gasteiger partial charge is 0.330 e. The van der Waals surface area contributed by atoms with Gasteiger partial charge in [-0.15, -0.1) is 0 Å². The van der Waals surface area contributed by atoms with Gasteiger partial charge < -0.3 is 16.0 Å². The van der Waals surface area contributed by atoms with Gasteiger partial charge in [0.1, 0.15) is 0 Å². The Hall–Kier alpha value is -0.900. The number of hydrogen-bond donors (Lipinski definition) is 2. The maximum absolute atomic E-state index is 5.66. The van der Waals surface area contributed by atoms with Gasteiger partial charge in [0.2, 0.25) is 0 Å². The summed E-state index contributed by atoms with van der Waals surface area (Å²) in [5, 5.41) is 3.73. The average molecular weight is 332 g/mol. The molecule has 2 rings (SSSR count). The molecular formula is C21H37N3. The Bertz CT molecular complexity index is 493. The molecule has 0 aromatic rings.